The lowest BCUT2D eigenvalue weighted by atomic mass is 9.96. The van der Waals surface area contributed by atoms with Crippen LogP contribution in [0.1, 0.15) is 12.8 Å². The zero-order valence-corrected chi connectivity index (χ0v) is 19.1. The number of para-hydroxylation sites is 1. The number of carbonyl (C=O) groups is 1. The van der Waals surface area contributed by atoms with Crippen LogP contribution in [-0.2, 0) is 4.79 Å². The fourth-order valence-electron chi connectivity index (χ4n) is 4.34. The second kappa shape index (κ2) is 9.01. The van der Waals surface area contributed by atoms with Crippen LogP contribution in [0.15, 0.2) is 54.9 Å². The number of amides is 1. The largest absolute Gasteiger partial charge is 0.493 e. The van der Waals surface area contributed by atoms with Gasteiger partial charge < -0.3 is 20.1 Å². The number of ether oxygens (including phenoxy) is 2. The molecule has 5 rings (SSSR count). The molecule has 9 heteroatoms. The van der Waals surface area contributed by atoms with Gasteiger partial charge in [-0.3, -0.25) is 4.79 Å². The lowest BCUT2D eigenvalue weighted by molar-refractivity contribution is -0.122. The summed E-state index contributed by atoms with van der Waals surface area (Å²) in [4.78, 5) is 23.5. The molecule has 174 valence electrons. The number of nitrogens with two attached hydrogens (primary N) is 1. The molecule has 0 spiro atoms. The van der Waals surface area contributed by atoms with Crippen molar-refractivity contribution < 1.29 is 14.3 Å². The minimum Gasteiger partial charge on any atom is -0.493 e. The maximum atomic E-state index is 11.6. The van der Waals surface area contributed by atoms with Crippen LogP contribution in [0, 0.1) is 5.92 Å². The molecule has 1 aliphatic rings. The van der Waals surface area contributed by atoms with E-state index in [4.69, 9.17) is 25.2 Å². The first-order chi connectivity index (χ1) is 16.6. The van der Waals surface area contributed by atoms with Gasteiger partial charge in [0.15, 0.2) is 11.5 Å². The minimum atomic E-state index is -0.245. The molecule has 1 saturated heterocycles. The monoisotopic (exact) mass is 458 g/mol. The Hall–Kier alpha value is -4.14. The highest BCUT2D eigenvalue weighted by molar-refractivity contribution is 5.95. The number of aromatic nitrogens is 4. The van der Waals surface area contributed by atoms with Crippen molar-refractivity contribution >= 4 is 22.8 Å². The van der Waals surface area contributed by atoms with E-state index in [0.717, 1.165) is 27.8 Å². The summed E-state index contributed by atoms with van der Waals surface area (Å²) in [6.45, 7) is 1.32. The number of rotatable bonds is 6. The molecular formula is C25H26N6O3. The minimum absolute atomic E-state index is 0.107. The third kappa shape index (κ3) is 4.00. The van der Waals surface area contributed by atoms with E-state index in [1.54, 1.807) is 20.4 Å². The van der Waals surface area contributed by atoms with Gasteiger partial charge in [0.05, 0.1) is 37.3 Å². The van der Waals surface area contributed by atoms with Gasteiger partial charge in [-0.15, -0.1) is 0 Å². The molecule has 0 aliphatic carbocycles. The third-order valence-corrected chi connectivity index (χ3v) is 6.25. The predicted octanol–water partition coefficient (Wildman–Crippen LogP) is 3.20. The fourth-order valence-corrected chi connectivity index (χ4v) is 4.34. The van der Waals surface area contributed by atoms with Crippen LogP contribution in [0.4, 0.5) is 5.95 Å². The highest BCUT2D eigenvalue weighted by Crippen LogP contribution is 2.37. The molecule has 1 amide bonds. The van der Waals surface area contributed by atoms with Crippen molar-refractivity contribution in [1.29, 1.82) is 0 Å². The quantitative estimate of drug-likeness (QED) is 0.473. The summed E-state index contributed by atoms with van der Waals surface area (Å²) in [7, 11) is 3.21. The van der Waals surface area contributed by atoms with Crippen molar-refractivity contribution in [3.63, 3.8) is 0 Å². The molecule has 0 bridgehead atoms. The van der Waals surface area contributed by atoms with Crippen molar-refractivity contribution in [2.45, 2.75) is 12.8 Å². The Morgan fingerprint density at radius 2 is 1.74 bits per heavy atom. The Balaban J connectivity index is 1.62. The van der Waals surface area contributed by atoms with Gasteiger partial charge in [-0.25, -0.2) is 14.6 Å². The van der Waals surface area contributed by atoms with E-state index in [2.05, 4.69) is 10.00 Å². The molecule has 4 aromatic rings. The summed E-state index contributed by atoms with van der Waals surface area (Å²) in [5.74, 6) is 1.45. The Bertz CT molecular complexity index is 1330. The average molecular weight is 459 g/mol. The van der Waals surface area contributed by atoms with E-state index in [9.17, 15) is 4.79 Å². The zero-order chi connectivity index (χ0) is 23.7. The van der Waals surface area contributed by atoms with Crippen LogP contribution >= 0.6 is 0 Å². The SMILES string of the molecule is COc1cc2nc(N3CCC(C(N)=O)CC3)nc(-c3cnn(-c4ccccc4)c3)c2cc1OC. The number of fused-ring (bicyclic) bond motifs is 1. The van der Waals surface area contributed by atoms with Crippen molar-refractivity contribution in [1.82, 2.24) is 19.7 Å². The average Bonchev–Trinajstić information content (AvgIpc) is 3.38. The zero-order valence-electron chi connectivity index (χ0n) is 19.1. The van der Waals surface area contributed by atoms with Crippen LogP contribution in [-0.4, -0.2) is 53.0 Å². The van der Waals surface area contributed by atoms with E-state index >= 15 is 0 Å². The maximum absolute atomic E-state index is 11.6. The van der Waals surface area contributed by atoms with Gasteiger partial charge in [-0.1, -0.05) is 18.2 Å². The van der Waals surface area contributed by atoms with E-state index < -0.39 is 0 Å². The summed E-state index contributed by atoms with van der Waals surface area (Å²) < 4.78 is 12.9. The second-order valence-electron chi connectivity index (χ2n) is 8.27. The Morgan fingerprint density at radius 3 is 2.41 bits per heavy atom. The molecule has 1 fully saturated rings. The summed E-state index contributed by atoms with van der Waals surface area (Å²) in [6.07, 6.45) is 5.12. The molecule has 0 atom stereocenters. The number of hydrogen-bond acceptors (Lipinski definition) is 7. The van der Waals surface area contributed by atoms with Crippen molar-refractivity contribution in [2.24, 2.45) is 11.7 Å². The van der Waals surface area contributed by atoms with Gasteiger partial charge in [-0.2, -0.15) is 5.10 Å². The van der Waals surface area contributed by atoms with Crippen LogP contribution in [0.3, 0.4) is 0 Å². The summed E-state index contributed by atoms with van der Waals surface area (Å²) >= 11 is 0. The molecule has 2 N–H and O–H groups in total. The Labute approximate surface area is 197 Å². The van der Waals surface area contributed by atoms with Gasteiger partial charge in [0.1, 0.15) is 0 Å². The lowest BCUT2D eigenvalue weighted by Gasteiger charge is -2.31. The third-order valence-electron chi connectivity index (χ3n) is 6.25. The highest BCUT2D eigenvalue weighted by atomic mass is 16.5. The fraction of sp³-hybridized carbons (Fsp3) is 0.280. The van der Waals surface area contributed by atoms with Gasteiger partial charge in [-0.05, 0) is 31.0 Å². The highest BCUT2D eigenvalue weighted by Gasteiger charge is 2.26. The number of anilines is 1. The number of carbonyl (C=O) groups excluding carboxylic acids is 1. The topological polar surface area (TPSA) is 108 Å². The molecule has 1 aliphatic heterocycles. The van der Waals surface area contributed by atoms with E-state index in [0.29, 0.717) is 43.4 Å². The first-order valence-corrected chi connectivity index (χ1v) is 11.2. The van der Waals surface area contributed by atoms with Crippen molar-refractivity contribution in [3.05, 3.63) is 54.9 Å². The number of primary amides is 1. The van der Waals surface area contributed by atoms with Crippen LogP contribution in [0.25, 0.3) is 27.8 Å². The van der Waals surface area contributed by atoms with E-state index in [1.807, 2.05) is 53.3 Å². The van der Waals surface area contributed by atoms with Gasteiger partial charge in [0.25, 0.3) is 0 Å². The van der Waals surface area contributed by atoms with Crippen molar-refractivity contribution in [2.75, 3.05) is 32.2 Å². The second-order valence-corrected chi connectivity index (χ2v) is 8.27. The molecule has 9 nitrogen and oxygen atoms in total. The molecule has 34 heavy (non-hydrogen) atoms. The molecule has 0 radical (unpaired) electrons. The molecule has 2 aromatic heterocycles. The summed E-state index contributed by atoms with van der Waals surface area (Å²) in [5, 5.41) is 5.39. The number of nitrogens with zero attached hydrogens (tertiary/aromatic N) is 5. The van der Waals surface area contributed by atoms with Gasteiger partial charge in [0, 0.05) is 42.2 Å². The number of hydrogen-bond donors (Lipinski definition) is 1. The number of benzene rings is 2. The smallest absolute Gasteiger partial charge is 0.226 e. The lowest BCUT2D eigenvalue weighted by Crippen LogP contribution is -2.39. The summed E-state index contributed by atoms with van der Waals surface area (Å²) in [5.41, 5.74) is 8.82. The Kier molecular flexibility index (Phi) is 5.75. The normalized spacial score (nSPS) is 14.4. The molecule has 0 saturated carbocycles. The first kappa shape index (κ1) is 21.7. The predicted molar refractivity (Wildman–Crippen MR) is 129 cm³/mol. The van der Waals surface area contributed by atoms with Crippen LogP contribution in [0.2, 0.25) is 0 Å². The number of piperidine rings is 1. The molecule has 2 aromatic carbocycles. The maximum Gasteiger partial charge on any atom is 0.226 e. The molecular weight excluding hydrogens is 432 g/mol. The molecule has 3 heterocycles. The Morgan fingerprint density at radius 1 is 1.03 bits per heavy atom. The van der Waals surface area contributed by atoms with Crippen LogP contribution in [0.5, 0.6) is 11.5 Å². The van der Waals surface area contributed by atoms with E-state index in [1.165, 1.54) is 0 Å². The van der Waals surface area contributed by atoms with Gasteiger partial charge in [0.2, 0.25) is 11.9 Å². The van der Waals surface area contributed by atoms with Crippen molar-refractivity contribution in [3.8, 4) is 28.4 Å². The van der Waals surface area contributed by atoms with E-state index in [-0.39, 0.29) is 11.8 Å². The van der Waals surface area contributed by atoms with Crippen LogP contribution < -0.4 is 20.1 Å². The molecule has 0 unspecified atom stereocenters. The van der Waals surface area contributed by atoms with Gasteiger partial charge >= 0.3 is 0 Å². The standard InChI is InChI=1S/C25H26N6O3/c1-33-21-12-19-20(13-22(21)34-2)28-25(30-10-8-16(9-11-30)24(26)32)29-23(19)17-14-27-31(15-17)18-6-4-3-5-7-18/h3-7,12-16H,8-11H2,1-2H3,(H2,26,32). The number of methoxy groups -OCH3 is 2. The first-order valence-electron chi connectivity index (χ1n) is 11.2. The summed E-state index contributed by atoms with van der Waals surface area (Å²) in [6, 6.07) is 13.7.